The number of carbonyl (C=O) groups excluding carboxylic acids is 1. The zero-order valence-corrected chi connectivity index (χ0v) is 17.9. The van der Waals surface area contributed by atoms with Crippen LogP contribution in [0, 0.1) is 0 Å². The minimum atomic E-state index is -1.15. The fourth-order valence-corrected chi connectivity index (χ4v) is 2.47. The number of aliphatic carboxylic acids is 1. The van der Waals surface area contributed by atoms with Crippen LogP contribution in [-0.4, -0.2) is 38.8 Å². The Morgan fingerprint density at radius 1 is 1.21 bits per heavy atom. The van der Waals surface area contributed by atoms with Crippen LogP contribution in [0.25, 0.3) is 11.3 Å². The molecule has 0 aliphatic carbocycles. The number of rotatable bonds is 5. The van der Waals surface area contributed by atoms with Gasteiger partial charge in [0, 0.05) is 18.1 Å². The van der Waals surface area contributed by atoms with Gasteiger partial charge in [0.25, 0.3) is 0 Å². The quantitative estimate of drug-likeness (QED) is 0.623. The molecule has 0 aliphatic heterocycles. The predicted octanol–water partition coefficient (Wildman–Crippen LogP) is 3.93. The van der Waals surface area contributed by atoms with Gasteiger partial charge in [0.2, 0.25) is 5.95 Å². The molecule has 1 amide bonds. The normalized spacial score (nSPS) is 11.7. The van der Waals surface area contributed by atoms with E-state index in [1.807, 2.05) is 13.8 Å². The number of carboxylic acids is 1. The molecule has 158 valence electrons. The van der Waals surface area contributed by atoms with E-state index < -0.39 is 23.7 Å². The highest BCUT2D eigenvalue weighted by molar-refractivity contribution is 6.29. The second kappa shape index (κ2) is 10.6. The fraction of sp³-hybridized carbons (Fsp3) is 0.400. The Morgan fingerprint density at radius 3 is 2.28 bits per heavy atom. The van der Waals surface area contributed by atoms with Crippen molar-refractivity contribution in [3.8, 4) is 11.3 Å². The number of alkyl carbamates (subject to hydrolysis) is 1. The van der Waals surface area contributed by atoms with Gasteiger partial charge in [0.05, 0.1) is 5.69 Å². The number of nitrogen functional groups attached to an aromatic ring is 1. The van der Waals surface area contributed by atoms with Gasteiger partial charge in [0.15, 0.2) is 0 Å². The molecule has 0 saturated carbocycles. The molecule has 0 fully saturated rings. The fourth-order valence-electron chi connectivity index (χ4n) is 2.28. The van der Waals surface area contributed by atoms with Crippen molar-refractivity contribution in [3.05, 3.63) is 41.0 Å². The van der Waals surface area contributed by atoms with E-state index in [1.54, 1.807) is 51.1 Å². The van der Waals surface area contributed by atoms with Gasteiger partial charge in [-0.05, 0) is 26.3 Å². The number of anilines is 1. The highest BCUT2D eigenvalue weighted by Crippen LogP contribution is 2.21. The average molecular weight is 423 g/mol. The summed E-state index contributed by atoms with van der Waals surface area (Å²) in [5.74, 6) is -1.09. The first-order chi connectivity index (χ1) is 13.5. The Labute approximate surface area is 175 Å². The number of carbonyl (C=O) groups is 2. The van der Waals surface area contributed by atoms with E-state index in [0.29, 0.717) is 5.69 Å². The molecule has 2 rings (SSSR count). The summed E-state index contributed by atoms with van der Waals surface area (Å²) >= 11 is 5.88. The smallest absolute Gasteiger partial charge is 0.408 e. The number of hydrogen-bond acceptors (Lipinski definition) is 6. The first-order valence-electron chi connectivity index (χ1n) is 9.15. The Kier molecular flexibility index (Phi) is 8.85. The maximum Gasteiger partial charge on any atom is 0.408 e. The van der Waals surface area contributed by atoms with Crippen molar-refractivity contribution in [2.75, 3.05) is 5.73 Å². The second-order valence-corrected chi connectivity index (χ2v) is 7.26. The van der Waals surface area contributed by atoms with Gasteiger partial charge in [0.1, 0.15) is 16.8 Å². The van der Waals surface area contributed by atoms with E-state index in [1.165, 1.54) is 0 Å². The van der Waals surface area contributed by atoms with Crippen molar-refractivity contribution in [1.29, 1.82) is 0 Å². The number of amides is 1. The van der Waals surface area contributed by atoms with E-state index in [2.05, 4.69) is 15.3 Å². The number of nitrogens with one attached hydrogen (secondary N) is 1. The van der Waals surface area contributed by atoms with E-state index in [9.17, 15) is 14.7 Å². The highest BCUT2D eigenvalue weighted by Gasteiger charge is 2.24. The lowest BCUT2D eigenvalue weighted by molar-refractivity contribution is -0.139. The summed E-state index contributed by atoms with van der Waals surface area (Å²) in [5.41, 5.74) is 6.90. The Hall–Kier alpha value is -2.87. The zero-order chi connectivity index (χ0) is 22.2. The average Bonchev–Trinajstić information content (AvgIpc) is 2.61. The lowest BCUT2D eigenvalue weighted by Crippen LogP contribution is -2.44. The summed E-state index contributed by atoms with van der Waals surface area (Å²) in [4.78, 5) is 31.2. The first-order valence-corrected chi connectivity index (χ1v) is 9.53. The molecule has 1 unspecified atom stereocenters. The molecule has 0 radical (unpaired) electrons. The van der Waals surface area contributed by atoms with Crippen molar-refractivity contribution in [1.82, 2.24) is 15.3 Å². The molecule has 1 atom stereocenters. The summed E-state index contributed by atoms with van der Waals surface area (Å²) in [6.45, 7) is 9.10. The summed E-state index contributed by atoms with van der Waals surface area (Å²) in [6.07, 6.45) is -0.681. The Balaban J connectivity index is 0.00000204. The third-order valence-corrected chi connectivity index (χ3v) is 3.58. The van der Waals surface area contributed by atoms with Crippen molar-refractivity contribution < 1.29 is 19.4 Å². The molecule has 9 heteroatoms. The Morgan fingerprint density at radius 2 is 1.79 bits per heavy atom. The number of carboxylic acid groups (broad SMARTS) is 1. The third-order valence-electron chi connectivity index (χ3n) is 3.39. The second-order valence-electron chi connectivity index (χ2n) is 6.87. The van der Waals surface area contributed by atoms with Gasteiger partial charge in [-0.3, -0.25) is 0 Å². The van der Waals surface area contributed by atoms with Gasteiger partial charge in [-0.15, -0.1) is 0 Å². The lowest BCUT2D eigenvalue weighted by Gasteiger charge is -2.22. The molecular weight excluding hydrogens is 396 g/mol. The molecule has 0 bridgehead atoms. The summed E-state index contributed by atoms with van der Waals surface area (Å²) in [5, 5.41) is 12.0. The van der Waals surface area contributed by atoms with Gasteiger partial charge in [-0.1, -0.05) is 49.7 Å². The van der Waals surface area contributed by atoms with Crippen LogP contribution in [0.4, 0.5) is 10.7 Å². The van der Waals surface area contributed by atoms with Crippen LogP contribution in [-0.2, 0) is 16.0 Å². The summed E-state index contributed by atoms with van der Waals surface area (Å²) < 4.78 is 5.10. The van der Waals surface area contributed by atoms with Crippen molar-refractivity contribution in [2.24, 2.45) is 0 Å². The maximum absolute atomic E-state index is 11.8. The molecule has 29 heavy (non-hydrogen) atoms. The third kappa shape index (κ3) is 8.35. The highest BCUT2D eigenvalue weighted by atomic mass is 35.5. The number of hydrogen-bond donors (Lipinski definition) is 3. The zero-order valence-electron chi connectivity index (χ0n) is 17.2. The molecule has 2 aromatic rings. The number of nitrogens with zero attached hydrogens (tertiary/aromatic N) is 2. The van der Waals surface area contributed by atoms with Gasteiger partial charge >= 0.3 is 12.1 Å². The van der Waals surface area contributed by atoms with Crippen molar-refractivity contribution in [3.63, 3.8) is 0 Å². The molecular formula is C20H27ClN4O4. The van der Waals surface area contributed by atoms with Crippen LogP contribution in [0.2, 0.25) is 5.15 Å². The molecule has 0 saturated heterocycles. The van der Waals surface area contributed by atoms with Crippen LogP contribution in [0.3, 0.4) is 0 Å². The van der Waals surface area contributed by atoms with Gasteiger partial charge in [-0.2, -0.15) is 0 Å². The van der Waals surface area contributed by atoms with E-state index in [0.717, 1.165) is 11.1 Å². The minimum Gasteiger partial charge on any atom is -0.480 e. The SMILES string of the molecule is CC.CC(C)(C)OC(=O)NC(Cc1ccc(-c2cc(Cl)nc(N)n2)cc1)C(=O)O. The molecule has 8 nitrogen and oxygen atoms in total. The van der Waals surface area contributed by atoms with E-state index >= 15 is 0 Å². The molecule has 4 N–H and O–H groups in total. The summed E-state index contributed by atoms with van der Waals surface area (Å²) in [7, 11) is 0. The number of nitrogens with two attached hydrogens (primary N) is 1. The number of halogens is 1. The Bertz CT molecular complexity index is 815. The lowest BCUT2D eigenvalue weighted by atomic mass is 10.0. The van der Waals surface area contributed by atoms with Crippen LogP contribution < -0.4 is 11.1 Å². The van der Waals surface area contributed by atoms with Crippen molar-refractivity contribution >= 4 is 29.6 Å². The number of ether oxygens (including phenoxy) is 1. The van der Waals surface area contributed by atoms with Crippen LogP contribution >= 0.6 is 11.6 Å². The first kappa shape index (κ1) is 24.2. The monoisotopic (exact) mass is 422 g/mol. The van der Waals surface area contributed by atoms with E-state index in [-0.39, 0.29) is 17.5 Å². The van der Waals surface area contributed by atoms with Crippen LogP contribution in [0.15, 0.2) is 30.3 Å². The van der Waals surface area contributed by atoms with E-state index in [4.69, 9.17) is 22.1 Å². The van der Waals surface area contributed by atoms with Crippen LogP contribution in [0.5, 0.6) is 0 Å². The summed E-state index contributed by atoms with van der Waals surface area (Å²) in [6, 6.07) is 7.48. The number of benzene rings is 1. The van der Waals surface area contributed by atoms with Crippen LogP contribution in [0.1, 0.15) is 40.2 Å². The molecule has 1 aromatic heterocycles. The largest absolute Gasteiger partial charge is 0.480 e. The minimum absolute atomic E-state index is 0.0640. The molecule has 0 spiro atoms. The predicted molar refractivity (Wildman–Crippen MR) is 113 cm³/mol. The molecule has 0 aliphatic rings. The molecule has 1 heterocycles. The topological polar surface area (TPSA) is 127 Å². The van der Waals surface area contributed by atoms with Gasteiger partial charge in [-0.25, -0.2) is 19.6 Å². The van der Waals surface area contributed by atoms with Gasteiger partial charge < -0.3 is 20.9 Å². The maximum atomic E-state index is 11.8. The number of aromatic nitrogens is 2. The van der Waals surface area contributed by atoms with Crippen molar-refractivity contribution in [2.45, 2.75) is 52.7 Å². The molecule has 1 aromatic carbocycles. The standard InChI is InChI=1S/C18H21ClN4O4.C2H6/c1-18(2,3)27-17(26)22-13(15(24)25)8-10-4-6-11(7-5-10)12-9-14(19)23-16(20)21-12;1-2/h4-7,9,13H,8H2,1-3H3,(H,22,26)(H,24,25)(H2,20,21,23);1-2H3.